The number of para-hydroxylation sites is 4. The average molecular weight is 1150 g/mol. The van der Waals surface area contributed by atoms with Crippen molar-refractivity contribution < 1.29 is 0 Å². The molecule has 0 unspecified atom stereocenters. The molecule has 0 spiro atoms. The van der Waals surface area contributed by atoms with E-state index in [1.165, 1.54) is 157 Å². The Labute approximate surface area is 526 Å². The number of nitrogens with zero attached hydrogens (tertiary/aromatic N) is 2. The van der Waals surface area contributed by atoms with Gasteiger partial charge in [-0.25, -0.2) is 0 Å². The zero-order valence-corrected chi connectivity index (χ0v) is 52.1. The first-order chi connectivity index (χ1) is 43.3. The second-order valence-corrected chi connectivity index (χ2v) is 25.9. The van der Waals surface area contributed by atoms with E-state index in [1.807, 2.05) is 0 Å². The number of fused-ring (bicyclic) bond motifs is 9. The molecule has 2 heteroatoms. The number of benzene rings is 12. The molecule has 0 saturated heterocycles. The van der Waals surface area contributed by atoms with Gasteiger partial charge in [-0.15, -0.1) is 0 Å². The molecule has 0 saturated carbocycles. The summed E-state index contributed by atoms with van der Waals surface area (Å²) in [6.07, 6.45) is 9.25. The van der Waals surface area contributed by atoms with Crippen LogP contribution in [0.2, 0.25) is 0 Å². The minimum Gasteiger partial charge on any atom is -0.310 e. The summed E-state index contributed by atoms with van der Waals surface area (Å²) in [7, 11) is 0. The van der Waals surface area contributed by atoms with Crippen LogP contribution in [0.5, 0.6) is 0 Å². The van der Waals surface area contributed by atoms with E-state index in [1.54, 1.807) is 0 Å². The summed E-state index contributed by atoms with van der Waals surface area (Å²) in [5.41, 5.74) is 34.1. The van der Waals surface area contributed by atoms with Gasteiger partial charge in [-0.3, -0.25) is 0 Å². The Morgan fingerprint density at radius 1 is 0.247 bits per heavy atom. The fraction of sp³-hybridized carbons (Fsp3) is 0.126. The Bertz CT molecular complexity index is 4440. The third-order valence-electron chi connectivity index (χ3n) is 19.8. The quantitative estimate of drug-likeness (QED) is 0.113. The molecule has 0 aromatic heterocycles. The number of anilines is 6. The van der Waals surface area contributed by atoms with Gasteiger partial charge in [0.2, 0.25) is 0 Å². The molecule has 12 aromatic carbocycles. The molecule has 3 aliphatic carbocycles. The maximum absolute atomic E-state index is 2.46. The molecule has 0 atom stereocenters. The Kier molecular flexibility index (Phi) is 13.4. The topological polar surface area (TPSA) is 6.48 Å². The lowest BCUT2D eigenvalue weighted by atomic mass is 9.67. The first-order valence-electron chi connectivity index (χ1n) is 31.5. The highest BCUT2D eigenvalue weighted by Crippen LogP contribution is 2.58. The normalized spacial score (nSPS) is 14.2. The van der Waals surface area contributed by atoms with Crippen molar-refractivity contribution in [2.75, 3.05) is 9.80 Å². The molecule has 0 heterocycles. The molecular formula is C87H72N2. The van der Waals surface area contributed by atoms with Crippen LogP contribution in [-0.2, 0) is 16.2 Å². The highest BCUT2D eigenvalue weighted by atomic mass is 15.2. The number of aryl methyl sites for hydroxylation is 4. The summed E-state index contributed by atoms with van der Waals surface area (Å²) in [4.78, 5) is 4.87. The summed E-state index contributed by atoms with van der Waals surface area (Å²) >= 11 is 0. The highest BCUT2D eigenvalue weighted by Gasteiger charge is 2.46. The fourth-order valence-corrected chi connectivity index (χ4v) is 15.2. The third-order valence-corrected chi connectivity index (χ3v) is 19.8. The van der Waals surface area contributed by atoms with E-state index in [0.717, 1.165) is 0 Å². The first-order valence-corrected chi connectivity index (χ1v) is 31.5. The van der Waals surface area contributed by atoms with Crippen molar-refractivity contribution in [2.24, 2.45) is 0 Å². The fourth-order valence-electron chi connectivity index (χ4n) is 15.2. The van der Waals surface area contributed by atoms with Crippen molar-refractivity contribution >= 4 is 58.4 Å². The van der Waals surface area contributed by atoms with Crippen LogP contribution in [-0.4, -0.2) is 0 Å². The van der Waals surface area contributed by atoms with Crippen molar-refractivity contribution in [3.05, 3.63) is 356 Å². The molecule has 15 rings (SSSR count). The molecule has 0 aliphatic heterocycles. The Balaban J connectivity index is 0.752. The van der Waals surface area contributed by atoms with Crippen LogP contribution in [0.4, 0.5) is 34.1 Å². The SMILES string of the molecule is Cc1ccccc1N(c1ccc2c(c1)C(C)(C)c1cc(/C=C/c3ccc4c(c3)C(c3ccccc3)(c3ccccc3)c3cc(/C=C/c5ccc6c(c5)C(C)(C)c5cc(N(c7ccccc7C)c7ccccc7C)ccc5-6)ccc3-4)ccc1-2)c1ccccc1C. The van der Waals surface area contributed by atoms with E-state index in [2.05, 4.69) is 356 Å². The van der Waals surface area contributed by atoms with Crippen LogP contribution in [0.25, 0.3) is 57.7 Å². The summed E-state index contributed by atoms with van der Waals surface area (Å²) in [5.74, 6) is 0. The molecule has 89 heavy (non-hydrogen) atoms. The number of rotatable bonds is 12. The lowest BCUT2D eigenvalue weighted by molar-refractivity contribution is 0.660. The molecule has 12 aromatic rings. The van der Waals surface area contributed by atoms with Crippen molar-refractivity contribution in [3.63, 3.8) is 0 Å². The van der Waals surface area contributed by atoms with Gasteiger partial charge < -0.3 is 9.80 Å². The number of hydrogen-bond acceptors (Lipinski definition) is 2. The van der Waals surface area contributed by atoms with Crippen molar-refractivity contribution in [1.82, 2.24) is 0 Å². The minimum atomic E-state index is -0.562. The van der Waals surface area contributed by atoms with Gasteiger partial charge in [-0.2, -0.15) is 0 Å². The Morgan fingerprint density at radius 3 is 0.798 bits per heavy atom. The van der Waals surface area contributed by atoms with Gasteiger partial charge in [0.15, 0.2) is 0 Å². The molecule has 0 N–H and O–H groups in total. The summed E-state index contributed by atoms with van der Waals surface area (Å²) in [6.45, 7) is 18.4. The van der Waals surface area contributed by atoms with Crippen LogP contribution < -0.4 is 9.80 Å². The summed E-state index contributed by atoms with van der Waals surface area (Å²) < 4.78 is 0. The van der Waals surface area contributed by atoms with E-state index < -0.39 is 5.41 Å². The first kappa shape index (κ1) is 55.3. The Morgan fingerprint density at radius 2 is 0.494 bits per heavy atom. The standard InChI is InChI=1S/C87H72N2/c1-57-23-15-19-31-81(57)88(82-32-20-16-24-58(82)2)67-43-49-71-69-45-39-61(51-75(69)85(5,6)77(71)55-67)35-37-63-41-47-73-74-48-42-64(54-80(74)87(79(73)53-63,65-27-11-9-12-28-65)66-29-13-10-14-30-66)38-36-62-40-46-70-72-50-44-68(56-78(72)86(7,8)76(70)52-62)89(83-33-21-17-25-59(83)3)84-34-22-18-26-60(84)4/h9-56H,1-8H3/b37-35+,38-36+. The molecule has 430 valence electrons. The van der Waals surface area contributed by atoms with Crippen LogP contribution in [0, 0.1) is 27.7 Å². The summed E-state index contributed by atoms with van der Waals surface area (Å²) in [6, 6.07) is 99.8. The van der Waals surface area contributed by atoms with Gasteiger partial charge in [-0.1, -0.05) is 258 Å². The van der Waals surface area contributed by atoms with Gasteiger partial charge in [0.25, 0.3) is 0 Å². The minimum absolute atomic E-state index is 0.212. The Hall–Kier alpha value is -10.3. The van der Waals surface area contributed by atoms with Gasteiger partial charge in [0.1, 0.15) is 0 Å². The average Bonchev–Trinajstić information content (AvgIpc) is 1.57. The lowest BCUT2D eigenvalue weighted by Crippen LogP contribution is -2.28. The van der Waals surface area contributed by atoms with Crippen LogP contribution in [0.15, 0.2) is 267 Å². The van der Waals surface area contributed by atoms with Crippen molar-refractivity contribution in [3.8, 4) is 33.4 Å². The molecule has 2 nitrogen and oxygen atoms in total. The van der Waals surface area contributed by atoms with Crippen molar-refractivity contribution in [2.45, 2.75) is 71.6 Å². The highest BCUT2D eigenvalue weighted by molar-refractivity contribution is 5.92. The second kappa shape index (κ2) is 21.5. The molecular weight excluding hydrogens is 1070 g/mol. The van der Waals surface area contributed by atoms with Gasteiger partial charge in [0.05, 0.1) is 5.41 Å². The van der Waals surface area contributed by atoms with E-state index in [9.17, 15) is 0 Å². The van der Waals surface area contributed by atoms with Crippen LogP contribution >= 0.6 is 0 Å². The molecule has 0 radical (unpaired) electrons. The zero-order chi connectivity index (χ0) is 60.8. The van der Waals surface area contributed by atoms with Gasteiger partial charge >= 0.3 is 0 Å². The largest absolute Gasteiger partial charge is 0.310 e. The van der Waals surface area contributed by atoms with E-state index in [-0.39, 0.29) is 10.8 Å². The molecule has 0 amide bonds. The second-order valence-electron chi connectivity index (χ2n) is 25.9. The molecule has 3 aliphatic rings. The lowest BCUT2D eigenvalue weighted by Gasteiger charge is -2.34. The van der Waals surface area contributed by atoms with Crippen molar-refractivity contribution in [1.29, 1.82) is 0 Å². The predicted octanol–water partition coefficient (Wildman–Crippen LogP) is 23.2. The van der Waals surface area contributed by atoms with Crippen LogP contribution in [0.3, 0.4) is 0 Å². The molecule has 0 fully saturated rings. The summed E-state index contributed by atoms with van der Waals surface area (Å²) in [5, 5.41) is 0. The van der Waals surface area contributed by atoms with E-state index >= 15 is 0 Å². The predicted molar refractivity (Wildman–Crippen MR) is 378 cm³/mol. The van der Waals surface area contributed by atoms with Gasteiger partial charge in [0, 0.05) is 45.0 Å². The third kappa shape index (κ3) is 9.06. The van der Waals surface area contributed by atoms with Gasteiger partial charge in [-0.05, 0) is 211 Å². The monoisotopic (exact) mass is 1140 g/mol. The zero-order valence-electron chi connectivity index (χ0n) is 52.1. The van der Waals surface area contributed by atoms with E-state index in [0.29, 0.717) is 0 Å². The maximum Gasteiger partial charge on any atom is 0.0713 e. The van der Waals surface area contributed by atoms with E-state index in [4.69, 9.17) is 0 Å². The smallest absolute Gasteiger partial charge is 0.0713 e. The maximum atomic E-state index is 2.46. The number of hydrogen-bond donors (Lipinski definition) is 0. The van der Waals surface area contributed by atoms with Crippen LogP contribution in [0.1, 0.15) is 117 Å². The molecule has 0 bridgehead atoms.